The Balaban J connectivity index is 1.96. The summed E-state index contributed by atoms with van der Waals surface area (Å²) in [5.74, 6) is 0.376. The lowest BCUT2D eigenvalue weighted by Crippen LogP contribution is -2.23. The zero-order chi connectivity index (χ0) is 15.9. The minimum absolute atomic E-state index is 0.160. The first-order valence-corrected chi connectivity index (χ1v) is 6.92. The van der Waals surface area contributed by atoms with E-state index in [0.29, 0.717) is 16.6 Å². The van der Waals surface area contributed by atoms with E-state index in [4.69, 9.17) is 6.11 Å². The molecule has 0 radical (unpaired) electrons. The first-order chi connectivity index (χ1) is 10.5. The van der Waals surface area contributed by atoms with Gasteiger partial charge in [-0.15, -0.1) is 4.68 Å². The average molecular weight is 309 g/mol. The molecule has 3 rings (SSSR count). The van der Waals surface area contributed by atoms with Crippen molar-refractivity contribution >= 4 is 11.3 Å². The third-order valence-corrected chi connectivity index (χ3v) is 3.70. The van der Waals surface area contributed by atoms with Gasteiger partial charge in [-0.3, -0.25) is 4.68 Å². The molecule has 0 bridgehead atoms. The van der Waals surface area contributed by atoms with Gasteiger partial charge in [0.05, 0.1) is 6.93 Å². The van der Waals surface area contributed by atoms with Crippen LogP contribution in [0.2, 0.25) is 0 Å². The van der Waals surface area contributed by atoms with Crippen molar-refractivity contribution in [2.24, 2.45) is 14.1 Å². The lowest BCUT2D eigenvalue weighted by atomic mass is 10.2. The fourth-order valence-corrected chi connectivity index (χ4v) is 2.24. The van der Waals surface area contributed by atoms with Crippen LogP contribution >= 0.6 is 11.3 Å². The minimum Gasteiger partial charge on any atom is -0.465 e. The van der Waals surface area contributed by atoms with Crippen LogP contribution in [0.25, 0.3) is 5.82 Å². The van der Waals surface area contributed by atoms with E-state index in [2.05, 4.69) is 20.5 Å². The summed E-state index contributed by atoms with van der Waals surface area (Å²) >= 11 is 1.24. The van der Waals surface area contributed by atoms with Gasteiger partial charge in [-0.25, -0.2) is 9.78 Å². The molecule has 0 aliphatic heterocycles. The summed E-state index contributed by atoms with van der Waals surface area (Å²) in [6, 6.07) is 0. The SMILES string of the molecule is [3H]c1csc(OCc2c(-n3nnn(C)c3=O)nn(C)c2C)n1. The number of nitrogens with zero attached hydrogens (tertiary/aromatic N) is 7. The van der Waals surface area contributed by atoms with Gasteiger partial charge >= 0.3 is 5.69 Å². The number of aromatic nitrogens is 7. The molecule has 0 aliphatic carbocycles. The van der Waals surface area contributed by atoms with Crippen LogP contribution < -0.4 is 10.4 Å². The lowest BCUT2D eigenvalue weighted by Gasteiger charge is -2.03. The number of hydrogen-bond acceptors (Lipinski definition) is 7. The van der Waals surface area contributed by atoms with E-state index in [1.54, 1.807) is 17.1 Å². The predicted molar refractivity (Wildman–Crippen MR) is 74.5 cm³/mol. The van der Waals surface area contributed by atoms with Crippen LogP contribution in [0.4, 0.5) is 0 Å². The number of hydrogen-bond donors (Lipinski definition) is 0. The molecule has 21 heavy (non-hydrogen) atoms. The summed E-state index contributed by atoms with van der Waals surface area (Å²) < 4.78 is 16.9. The van der Waals surface area contributed by atoms with Gasteiger partial charge in [0.15, 0.2) is 5.82 Å². The smallest absolute Gasteiger partial charge is 0.369 e. The maximum Gasteiger partial charge on any atom is 0.369 e. The van der Waals surface area contributed by atoms with Crippen LogP contribution in [0.1, 0.15) is 12.6 Å². The molecule has 0 saturated heterocycles. The zero-order valence-corrected chi connectivity index (χ0v) is 12.5. The summed E-state index contributed by atoms with van der Waals surface area (Å²) in [4.78, 5) is 15.9. The quantitative estimate of drug-likeness (QED) is 0.676. The highest BCUT2D eigenvalue weighted by Gasteiger charge is 2.19. The van der Waals surface area contributed by atoms with Crippen molar-refractivity contribution in [3.05, 3.63) is 33.3 Å². The maximum absolute atomic E-state index is 12.0. The van der Waals surface area contributed by atoms with E-state index >= 15 is 0 Å². The molecule has 0 saturated carbocycles. The van der Waals surface area contributed by atoms with E-state index in [1.165, 1.54) is 18.4 Å². The summed E-state index contributed by atoms with van der Waals surface area (Å²) in [6.07, 6.45) is 0.160. The Bertz CT molecular complexity index is 878. The normalized spacial score (nSPS) is 11.7. The highest BCUT2D eigenvalue weighted by molar-refractivity contribution is 7.11. The Kier molecular flexibility index (Phi) is 2.99. The summed E-state index contributed by atoms with van der Waals surface area (Å²) in [6.45, 7) is 2.04. The van der Waals surface area contributed by atoms with Crippen molar-refractivity contribution in [2.75, 3.05) is 0 Å². The number of thiazole rings is 1. The number of tetrazole rings is 1. The molecule has 0 fully saturated rings. The van der Waals surface area contributed by atoms with Crippen LogP contribution in [0.15, 0.2) is 16.3 Å². The largest absolute Gasteiger partial charge is 0.465 e. The van der Waals surface area contributed by atoms with Gasteiger partial charge in [-0.05, 0) is 17.4 Å². The second-order valence-electron chi connectivity index (χ2n) is 4.34. The summed E-state index contributed by atoms with van der Waals surface area (Å²) in [5.41, 5.74) is 1.17. The van der Waals surface area contributed by atoms with Crippen molar-refractivity contribution in [1.29, 1.82) is 0 Å². The fourth-order valence-electron chi connectivity index (χ4n) is 1.80. The van der Waals surface area contributed by atoms with Crippen LogP contribution in [-0.4, -0.2) is 34.6 Å². The highest BCUT2D eigenvalue weighted by Crippen LogP contribution is 2.20. The lowest BCUT2D eigenvalue weighted by molar-refractivity contribution is 0.303. The molecule has 3 aromatic heterocycles. The minimum atomic E-state index is -0.387. The molecule has 0 aromatic carbocycles. The van der Waals surface area contributed by atoms with Crippen LogP contribution in [0, 0.1) is 6.92 Å². The van der Waals surface area contributed by atoms with Crippen LogP contribution in [0.3, 0.4) is 0 Å². The number of ether oxygens (including phenoxy) is 1. The summed E-state index contributed by atoms with van der Waals surface area (Å²) in [5, 5.41) is 13.8. The molecule has 3 aromatic rings. The Morgan fingerprint density at radius 1 is 1.38 bits per heavy atom. The van der Waals surface area contributed by atoms with E-state index in [9.17, 15) is 4.79 Å². The highest BCUT2D eigenvalue weighted by atomic mass is 32.1. The molecule has 0 N–H and O–H groups in total. The molecule has 9 nitrogen and oxygen atoms in total. The zero-order valence-electron chi connectivity index (χ0n) is 12.6. The molecule has 0 atom stereocenters. The van der Waals surface area contributed by atoms with Crippen molar-refractivity contribution in [3.8, 4) is 11.0 Å². The molecular weight excluding hydrogens is 294 g/mol. The second-order valence-corrected chi connectivity index (χ2v) is 5.16. The van der Waals surface area contributed by atoms with Gasteiger partial charge in [-0.1, -0.05) is 11.3 Å². The van der Waals surface area contributed by atoms with Crippen molar-refractivity contribution in [2.45, 2.75) is 13.5 Å². The Hall–Kier alpha value is -2.49. The molecule has 10 heteroatoms. The van der Waals surface area contributed by atoms with Crippen molar-refractivity contribution in [3.63, 3.8) is 0 Å². The standard InChI is InChI=1S/C11H13N7O2S/c1-7-8(6-20-10-12-4-5-21-10)9(13-16(7)2)18-11(19)17(3)14-15-18/h4-5H,6H2,1-3H3/i4T. The van der Waals surface area contributed by atoms with Crippen LogP contribution in [-0.2, 0) is 20.7 Å². The van der Waals surface area contributed by atoms with Gasteiger partial charge in [0.1, 0.15) is 6.61 Å². The van der Waals surface area contributed by atoms with Gasteiger partial charge < -0.3 is 4.74 Å². The van der Waals surface area contributed by atoms with E-state index < -0.39 is 0 Å². The second kappa shape index (κ2) is 5.13. The monoisotopic (exact) mass is 309 g/mol. The van der Waals surface area contributed by atoms with E-state index in [-0.39, 0.29) is 18.5 Å². The van der Waals surface area contributed by atoms with E-state index in [1.807, 2.05) is 6.92 Å². The molecule has 110 valence electrons. The number of rotatable bonds is 4. The first-order valence-electron chi connectivity index (χ1n) is 6.54. The molecule has 3 heterocycles. The van der Waals surface area contributed by atoms with Gasteiger partial charge in [0.2, 0.25) is 0 Å². The number of aryl methyl sites for hydroxylation is 2. The fraction of sp³-hybridized carbons (Fsp3) is 0.364. The maximum atomic E-state index is 12.0. The Labute approximate surface area is 124 Å². The molecule has 0 unspecified atom stereocenters. The van der Waals surface area contributed by atoms with Crippen LogP contribution in [0.5, 0.6) is 5.19 Å². The third kappa shape index (κ3) is 2.33. The molecule has 0 spiro atoms. The average Bonchev–Trinajstić information content (AvgIpc) is 3.11. The van der Waals surface area contributed by atoms with Gasteiger partial charge in [-0.2, -0.15) is 9.78 Å². The topological polar surface area (TPSA) is 92.6 Å². The molecular formula is C11H13N7O2S. The summed E-state index contributed by atoms with van der Waals surface area (Å²) in [7, 11) is 3.29. The Morgan fingerprint density at radius 3 is 2.81 bits per heavy atom. The van der Waals surface area contributed by atoms with Crippen molar-refractivity contribution in [1.82, 2.24) is 34.6 Å². The molecule has 0 amide bonds. The Morgan fingerprint density at radius 2 is 2.19 bits per heavy atom. The van der Waals surface area contributed by atoms with Gasteiger partial charge in [0.25, 0.3) is 5.19 Å². The first kappa shape index (κ1) is 12.3. The van der Waals surface area contributed by atoms with E-state index in [0.717, 1.165) is 15.1 Å². The predicted octanol–water partition coefficient (Wildman–Crippen LogP) is 0.0434. The van der Waals surface area contributed by atoms with Crippen molar-refractivity contribution < 1.29 is 6.11 Å². The van der Waals surface area contributed by atoms with Gasteiger partial charge in [0, 0.05) is 31.3 Å². The molecule has 0 aliphatic rings. The third-order valence-electron chi connectivity index (χ3n) is 3.07.